The summed E-state index contributed by atoms with van der Waals surface area (Å²) >= 11 is 1.50. The van der Waals surface area contributed by atoms with Crippen LogP contribution in [-0.4, -0.2) is 11.4 Å². The fourth-order valence-electron chi connectivity index (χ4n) is 2.15. The molecule has 0 saturated heterocycles. The van der Waals surface area contributed by atoms with Gasteiger partial charge in [-0.3, -0.25) is 0 Å². The molecule has 1 N–H and O–H groups in total. The number of alkyl halides is 3. The van der Waals surface area contributed by atoms with E-state index in [2.05, 4.69) is 0 Å². The molecule has 112 valence electrons. The van der Waals surface area contributed by atoms with Crippen LogP contribution in [0.5, 0.6) is 0 Å². The Morgan fingerprint density at radius 3 is 2.48 bits per heavy atom. The lowest BCUT2D eigenvalue weighted by atomic mass is 10.00. The van der Waals surface area contributed by atoms with Gasteiger partial charge in [-0.05, 0) is 29.5 Å². The maximum atomic E-state index is 12.7. The van der Waals surface area contributed by atoms with E-state index in [9.17, 15) is 18.3 Å². The van der Waals surface area contributed by atoms with Gasteiger partial charge in [-0.1, -0.05) is 36.4 Å². The van der Waals surface area contributed by atoms with Gasteiger partial charge in [0.2, 0.25) is 0 Å². The predicted octanol–water partition coefficient (Wildman–Crippen LogP) is 4.70. The molecule has 21 heavy (non-hydrogen) atoms. The average Bonchev–Trinajstić information content (AvgIpc) is 2.46. The Balaban J connectivity index is 2.22. The summed E-state index contributed by atoms with van der Waals surface area (Å²) in [6, 6.07) is 12.4. The Morgan fingerprint density at radius 2 is 1.81 bits per heavy atom. The zero-order chi connectivity index (χ0) is 15.5. The molecule has 0 fully saturated rings. The highest BCUT2D eigenvalue weighted by molar-refractivity contribution is 7.98. The van der Waals surface area contributed by atoms with Crippen molar-refractivity contribution < 1.29 is 18.3 Å². The van der Waals surface area contributed by atoms with E-state index in [0.717, 1.165) is 22.6 Å². The van der Waals surface area contributed by atoms with Gasteiger partial charge in [-0.2, -0.15) is 13.2 Å². The maximum absolute atomic E-state index is 12.7. The van der Waals surface area contributed by atoms with Crippen molar-refractivity contribution in [2.45, 2.75) is 23.6 Å². The van der Waals surface area contributed by atoms with Crippen molar-refractivity contribution >= 4 is 11.8 Å². The van der Waals surface area contributed by atoms with Gasteiger partial charge in [0.15, 0.2) is 0 Å². The second-order valence-electron chi connectivity index (χ2n) is 4.66. The third-order valence-electron chi connectivity index (χ3n) is 3.18. The molecule has 2 rings (SSSR count). The summed E-state index contributed by atoms with van der Waals surface area (Å²) in [5, 5.41) is 10.3. The van der Waals surface area contributed by atoms with Gasteiger partial charge in [-0.15, -0.1) is 11.8 Å². The molecule has 1 nitrogen and oxygen atoms in total. The average molecular weight is 312 g/mol. The van der Waals surface area contributed by atoms with Crippen molar-refractivity contribution in [2.75, 3.05) is 6.26 Å². The monoisotopic (exact) mass is 312 g/mol. The number of rotatable bonds is 4. The number of hydrogen-bond acceptors (Lipinski definition) is 2. The lowest BCUT2D eigenvalue weighted by Crippen LogP contribution is -2.07. The first kappa shape index (κ1) is 15.9. The topological polar surface area (TPSA) is 20.2 Å². The second kappa shape index (κ2) is 6.54. The molecule has 0 saturated carbocycles. The fourth-order valence-corrected chi connectivity index (χ4v) is 2.80. The summed E-state index contributed by atoms with van der Waals surface area (Å²) in [6.45, 7) is 0. The summed E-state index contributed by atoms with van der Waals surface area (Å²) < 4.78 is 38.0. The largest absolute Gasteiger partial charge is 0.416 e. The molecule has 2 aromatic rings. The van der Waals surface area contributed by atoms with Crippen molar-refractivity contribution in [1.82, 2.24) is 0 Å². The van der Waals surface area contributed by atoms with Crippen LogP contribution in [0.4, 0.5) is 13.2 Å². The highest BCUT2D eigenvalue weighted by Gasteiger charge is 2.30. The Labute approximate surface area is 125 Å². The zero-order valence-electron chi connectivity index (χ0n) is 11.4. The van der Waals surface area contributed by atoms with Crippen LogP contribution >= 0.6 is 11.8 Å². The van der Waals surface area contributed by atoms with Crippen LogP contribution < -0.4 is 0 Å². The first-order valence-electron chi connectivity index (χ1n) is 6.39. The smallest absolute Gasteiger partial charge is 0.388 e. The molecule has 0 heterocycles. The van der Waals surface area contributed by atoms with E-state index < -0.39 is 17.8 Å². The standard InChI is InChI=1S/C16H15F3OS/c1-21-15-8-3-2-7-13(15)14(20)10-11-5-4-6-12(9-11)16(17,18)19/h2-9,14,20H,10H2,1H3. The van der Waals surface area contributed by atoms with Crippen LogP contribution in [0.15, 0.2) is 53.4 Å². The van der Waals surface area contributed by atoms with Gasteiger partial charge in [0.1, 0.15) is 0 Å². The minimum absolute atomic E-state index is 0.154. The molecular weight excluding hydrogens is 297 g/mol. The van der Waals surface area contributed by atoms with Crippen LogP contribution in [0.2, 0.25) is 0 Å². The lowest BCUT2D eigenvalue weighted by Gasteiger charge is -2.15. The SMILES string of the molecule is CSc1ccccc1C(O)Cc1cccc(C(F)(F)F)c1. The molecule has 1 unspecified atom stereocenters. The van der Waals surface area contributed by atoms with Gasteiger partial charge in [0, 0.05) is 11.3 Å². The van der Waals surface area contributed by atoms with Crippen LogP contribution in [0.3, 0.4) is 0 Å². The molecule has 0 spiro atoms. The Hall–Kier alpha value is -1.46. The van der Waals surface area contributed by atoms with Crippen LogP contribution in [0.25, 0.3) is 0 Å². The molecule has 0 aromatic heterocycles. The van der Waals surface area contributed by atoms with Crippen molar-refractivity contribution in [3.63, 3.8) is 0 Å². The summed E-state index contributed by atoms with van der Waals surface area (Å²) in [5.74, 6) is 0. The predicted molar refractivity (Wildman–Crippen MR) is 78.3 cm³/mol. The van der Waals surface area contributed by atoms with Gasteiger partial charge in [-0.25, -0.2) is 0 Å². The van der Waals surface area contributed by atoms with E-state index in [1.807, 2.05) is 24.5 Å². The first-order valence-corrected chi connectivity index (χ1v) is 7.61. The van der Waals surface area contributed by atoms with E-state index >= 15 is 0 Å². The summed E-state index contributed by atoms with van der Waals surface area (Å²) in [6.07, 6.45) is -3.13. The summed E-state index contributed by atoms with van der Waals surface area (Å²) in [5.41, 5.74) is 0.515. The van der Waals surface area contributed by atoms with Crippen LogP contribution in [-0.2, 0) is 12.6 Å². The second-order valence-corrected chi connectivity index (χ2v) is 5.51. The van der Waals surface area contributed by atoms with E-state index in [4.69, 9.17) is 0 Å². The fraction of sp³-hybridized carbons (Fsp3) is 0.250. The lowest BCUT2D eigenvalue weighted by molar-refractivity contribution is -0.137. The summed E-state index contributed by atoms with van der Waals surface area (Å²) in [4.78, 5) is 0.928. The van der Waals surface area contributed by atoms with Gasteiger partial charge in [0.05, 0.1) is 11.7 Å². The molecule has 0 aliphatic rings. The minimum Gasteiger partial charge on any atom is -0.388 e. The first-order chi connectivity index (χ1) is 9.91. The van der Waals surface area contributed by atoms with Crippen molar-refractivity contribution in [3.05, 3.63) is 65.2 Å². The summed E-state index contributed by atoms with van der Waals surface area (Å²) in [7, 11) is 0. The number of aliphatic hydroxyl groups is 1. The normalized spacial score (nSPS) is 13.2. The number of halogens is 3. The number of hydrogen-bond donors (Lipinski definition) is 1. The van der Waals surface area contributed by atoms with E-state index in [1.165, 1.54) is 17.8 Å². The van der Waals surface area contributed by atoms with Crippen LogP contribution in [0, 0.1) is 0 Å². The van der Waals surface area contributed by atoms with Crippen LogP contribution in [0.1, 0.15) is 22.8 Å². The molecule has 0 aliphatic carbocycles. The molecule has 0 bridgehead atoms. The molecule has 0 amide bonds. The third kappa shape index (κ3) is 4.02. The number of aliphatic hydroxyl groups excluding tert-OH is 1. The quantitative estimate of drug-likeness (QED) is 0.826. The highest BCUT2D eigenvalue weighted by Crippen LogP contribution is 2.32. The number of thioether (sulfide) groups is 1. The zero-order valence-corrected chi connectivity index (χ0v) is 12.2. The van der Waals surface area contributed by atoms with Gasteiger partial charge >= 0.3 is 6.18 Å². The number of benzene rings is 2. The Morgan fingerprint density at radius 1 is 1.10 bits per heavy atom. The molecular formula is C16H15F3OS. The van der Waals surface area contributed by atoms with E-state index in [1.54, 1.807) is 12.1 Å². The van der Waals surface area contributed by atoms with E-state index in [0.29, 0.717) is 5.56 Å². The van der Waals surface area contributed by atoms with Crippen molar-refractivity contribution in [2.24, 2.45) is 0 Å². The molecule has 0 radical (unpaired) electrons. The van der Waals surface area contributed by atoms with Gasteiger partial charge in [0.25, 0.3) is 0 Å². The maximum Gasteiger partial charge on any atom is 0.416 e. The Kier molecular flexibility index (Phi) is 4.96. The van der Waals surface area contributed by atoms with Crippen molar-refractivity contribution in [1.29, 1.82) is 0 Å². The molecule has 2 aromatic carbocycles. The molecule has 5 heteroatoms. The molecule has 0 aliphatic heterocycles. The molecule has 1 atom stereocenters. The Bertz CT molecular complexity index is 610. The highest BCUT2D eigenvalue weighted by atomic mass is 32.2. The third-order valence-corrected chi connectivity index (χ3v) is 3.99. The van der Waals surface area contributed by atoms with E-state index in [-0.39, 0.29) is 6.42 Å². The van der Waals surface area contributed by atoms with Gasteiger partial charge < -0.3 is 5.11 Å². The van der Waals surface area contributed by atoms with Crippen molar-refractivity contribution in [3.8, 4) is 0 Å². The minimum atomic E-state index is -4.36.